The Balaban J connectivity index is 1.65. The molecular weight excluding hydrogens is 481 g/mol. The van der Waals surface area contributed by atoms with E-state index in [1.54, 1.807) is 19.9 Å². The van der Waals surface area contributed by atoms with Crippen LogP contribution < -0.4 is 10.9 Å². The predicted octanol–water partition coefficient (Wildman–Crippen LogP) is 2.01. The van der Waals surface area contributed by atoms with Crippen LogP contribution in [0.15, 0.2) is 16.9 Å². The van der Waals surface area contributed by atoms with Crippen LogP contribution in [-0.4, -0.2) is 37.7 Å². The van der Waals surface area contributed by atoms with Gasteiger partial charge in [-0.1, -0.05) is 6.92 Å². The summed E-state index contributed by atoms with van der Waals surface area (Å²) in [5.74, 6) is -1.73. The van der Waals surface area contributed by atoms with Crippen molar-refractivity contribution in [3.63, 3.8) is 0 Å². The number of hydrogen-bond donors (Lipinski definition) is 3. The minimum atomic E-state index is -1.96. The van der Waals surface area contributed by atoms with E-state index in [0.717, 1.165) is 16.5 Å². The fraction of sp³-hybridized carbons (Fsp3) is 0.407. The number of hydrogen-bond acceptors (Lipinski definition) is 7. The van der Waals surface area contributed by atoms with Gasteiger partial charge in [-0.3, -0.25) is 9.59 Å². The maximum absolute atomic E-state index is 14.9. The number of nitrogens with one attached hydrogen (secondary N) is 1. The summed E-state index contributed by atoms with van der Waals surface area (Å²) in [5, 5.41) is 24.6. The molecule has 0 saturated heterocycles. The largest absolute Gasteiger partial charge is 0.458 e. The molecule has 3 unspecified atom stereocenters. The molecule has 0 saturated carbocycles. The molecule has 10 heteroatoms. The van der Waals surface area contributed by atoms with E-state index >= 15 is 0 Å². The lowest BCUT2D eigenvalue weighted by Gasteiger charge is -2.31. The number of cyclic esters (lactones) is 1. The van der Waals surface area contributed by atoms with Gasteiger partial charge in [0.1, 0.15) is 18.5 Å². The van der Waals surface area contributed by atoms with E-state index in [1.165, 1.54) is 17.6 Å². The number of esters is 1. The fourth-order valence-corrected chi connectivity index (χ4v) is 5.99. The first kappa shape index (κ1) is 23.7. The second-order valence-electron chi connectivity index (χ2n) is 10.1. The number of nitrogens with zero attached hydrogens (tertiary/aromatic N) is 2. The number of fused-ring (bicyclic) bond motifs is 5. The molecule has 0 radical (unpaired) electrons. The molecule has 4 heterocycles. The molecule has 3 aliphatic rings. The number of amides is 1. The standard InChI is InChI=1S/C27H26FN3O6/c1-4-27(36)16-7-20-23-14(9-31(20)25(34)15(16)10-37-26(27)35)22-18(30-24(33)12(3)32)6-5-13-11(2)17(28)8-19(29-23)21(13)22/h7-8,12,18,32,36H,4-6,9-10H2,1-3H3,(H,30,33). The van der Waals surface area contributed by atoms with Crippen LogP contribution in [0.2, 0.25) is 0 Å². The molecule has 6 rings (SSSR count). The first-order valence-corrected chi connectivity index (χ1v) is 12.4. The number of benzene rings is 1. The lowest BCUT2D eigenvalue weighted by molar-refractivity contribution is -0.172. The Bertz CT molecular complexity index is 1610. The molecule has 3 atom stereocenters. The second kappa shape index (κ2) is 7.93. The van der Waals surface area contributed by atoms with Crippen LogP contribution in [0, 0.1) is 12.7 Å². The molecule has 3 N–H and O–H groups in total. The number of halogens is 1. The van der Waals surface area contributed by atoms with Gasteiger partial charge in [-0.25, -0.2) is 14.2 Å². The van der Waals surface area contributed by atoms with Crippen LogP contribution in [0.5, 0.6) is 0 Å². The summed E-state index contributed by atoms with van der Waals surface area (Å²) in [7, 11) is 0. The zero-order valence-electron chi connectivity index (χ0n) is 20.6. The third-order valence-electron chi connectivity index (χ3n) is 8.07. The highest BCUT2D eigenvalue weighted by atomic mass is 19.1. The molecule has 3 aromatic rings. The van der Waals surface area contributed by atoms with Crippen LogP contribution in [0.25, 0.3) is 22.3 Å². The topological polar surface area (TPSA) is 131 Å². The van der Waals surface area contributed by atoms with Crippen molar-refractivity contribution < 1.29 is 28.9 Å². The van der Waals surface area contributed by atoms with Crippen molar-refractivity contribution in [2.75, 3.05) is 0 Å². The number of rotatable bonds is 3. The number of carbonyl (C=O) groups excluding carboxylic acids is 2. The second-order valence-corrected chi connectivity index (χ2v) is 10.1. The van der Waals surface area contributed by atoms with Crippen molar-refractivity contribution in [3.05, 3.63) is 61.7 Å². The van der Waals surface area contributed by atoms with Gasteiger partial charge in [0.15, 0.2) is 5.60 Å². The van der Waals surface area contributed by atoms with Crippen molar-refractivity contribution >= 4 is 22.8 Å². The fourth-order valence-electron chi connectivity index (χ4n) is 5.99. The summed E-state index contributed by atoms with van der Waals surface area (Å²) in [4.78, 5) is 43.3. The molecule has 0 fully saturated rings. The highest BCUT2D eigenvalue weighted by Gasteiger charge is 2.46. The summed E-state index contributed by atoms with van der Waals surface area (Å²) in [6.07, 6.45) is -0.187. The summed E-state index contributed by atoms with van der Waals surface area (Å²) in [6, 6.07) is 2.49. The number of carbonyl (C=O) groups is 2. The Hall–Kier alpha value is -3.63. The monoisotopic (exact) mass is 507 g/mol. The normalized spacial score (nSPS) is 22.2. The number of pyridine rings is 2. The average Bonchev–Trinajstić information content (AvgIpc) is 3.24. The minimum Gasteiger partial charge on any atom is -0.458 e. The van der Waals surface area contributed by atoms with E-state index < -0.39 is 41.0 Å². The van der Waals surface area contributed by atoms with Gasteiger partial charge in [0.25, 0.3) is 5.56 Å². The molecule has 0 bridgehead atoms. The summed E-state index contributed by atoms with van der Waals surface area (Å²) in [6.45, 7) is 4.65. The van der Waals surface area contributed by atoms with E-state index in [9.17, 15) is 29.0 Å². The predicted molar refractivity (Wildman–Crippen MR) is 130 cm³/mol. The number of aromatic nitrogens is 2. The summed E-state index contributed by atoms with van der Waals surface area (Å²) < 4.78 is 21.6. The van der Waals surface area contributed by atoms with Crippen molar-refractivity contribution in [1.29, 1.82) is 0 Å². The van der Waals surface area contributed by atoms with E-state index in [-0.39, 0.29) is 30.7 Å². The Morgan fingerprint density at radius 3 is 2.78 bits per heavy atom. The number of ether oxygens (including phenoxy) is 1. The smallest absolute Gasteiger partial charge is 0.343 e. The molecule has 2 aliphatic heterocycles. The molecule has 37 heavy (non-hydrogen) atoms. The van der Waals surface area contributed by atoms with Gasteiger partial charge in [-0.05, 0) is 55.9 Å². The lowest BCUT2D eigenvalue weighted by Crippen LogP contribution is -2.44. The maximum Gasteiger partial charge on any atom is 0.343 e. The van der Waals surface area contributed by atoms with E-state index in [4.69, 9.17) is 9.72 Å². The van der Waals surface area contributed by atoms with Crippen molar-refractivity contribution in [2.45, 2.75) is 70.9 Å². The third-order valence-corrected chi connectivity index (χ3v) is 8.07. The van der Waals surface area contributed by atoms with Crippen LogP contribution >= 0.6 is 0 Å². The Kier molecular flexibility index (Phi) is 5.09. The quantitative estimate of drug-likeness (QED) is 0.362. The zero-order chi connectivity index (χ0) is 26.4. The van der Waals surface area contributed by atoms with Crippen LogP contribution in [-0.2, 0) is 39.5 Å². The van der Waals surface area contributed by atoms with Gasteiger partial charge in [0.2, 0.25) is 5.91 Å². The molecule has 1 aliphatic carbocycles. The molecule has 0 spiro atoms. The molecule has 1 aromatic carbocycles. The van der Waals surface area contributed by atoms with Gasteiger partial charge >= 0.3 is 5.97 Å². The Morgan fingerprint density at radius 1 is 1.32 bits per heavy atom. The lowest BCUT2D eigenvalue weighted by atomic mass is 9.81. The molecule has 1 amide bonds. The van der Waals surface area contributed by atoms with Crippen LogP contribution in [0.3, 0.4) is 0 Å². The zero-order valence-corrected chi connectivity index (χ0v) is 20.6. The number of aliphatic hydroxyl groups is 2. The van der Waals surface area contributed by atoms with Gasteiger partial charge in [0, 0.05) is 22.6 Å². The highest BCUT2D eigenvalue weighted by Crippen LogP contribution is 2.45. The van der Waals surface area contributed by atoms with Gasteiger partial charge in [-0.15, -0.1) is 0 Å². The van der Waals surface area contributed by atoms with Crippen molar-refractivity contribution in [3.8, 4) is 11.4 Å². The summed E-state index contributed by atoms with van der Waals surface area (Å²) in [5.41, 5.74) is 2.07. The van der Waals surface area contributed by atoms with Gasteiger partial charge < -0.3 is 24.8 Å². The third kappa shape index (κ3) is 3.15. The number of aryl methyl sites for hydroxylation is 1. The van der Waals surface area contributed by atoms with E-state index in [1.807, 2.05) is 0 Å². The van der Waals surface area contributed by atoms with Gasteiger partial charge in [0.05, 0.1) is 35.1 Å². The number of aliphatic hydroxyl groups excluding tert-OH is 1. The molecule has 2 aromatic heterocycles. The Morgan fingerprint density at radius 2 is 2.08 bits per heavy atom. The molecule has 9 nitrogen and oxygen atoms in total. The maximum atomic E-state index is 14.9. The SMILES string of the molecule is CCC1(O)C(=O)OCc2c1cc1n(c2=O)Cc2c-1nc1cc(F)c(C)c3c1c2C(NC(=O)C(C)O)CC3. The van der Waals surface area contributed by atoms with E-state index in [0.29, 0.717) is 40.9 Å². The highest BCUT2D eigenvalue weighted by molar-refractivity contribution is 5.94. The van der Waals surface area contributed by atoms with Crippen LogP contribution in [0.4, 0.5) is 4.39 Å². The average molecular weight is 508 g/mol. The first-order valence-electron chi connectivity index (χ1n) is 12.4. The minimum absolute atomic E-state index is 0.0201. The molecular formula is C27H26FN3O6. The van der Waals surface area contributed by atoms with Crippen molar-refractivity contribution in [1.82, 2.24) is 14.9 Å². The molecule has 192 valence electrons. The summed E-state index contributed by atoms with van der Waals surface area (Å²) >= 11 is 0. The first-order chi connectivity index (χ1) is 17.6. The van der Waals surface area contributed by atoms with Crippen LogP contribution in [0.1, 0.15) is 66.1 Å². The van der Waals surface area contributed by atoms with Crippen molar-refractivity contribution in [2.24, 2.45) is 0 Å². The van der Waals surface area contributed by atoms with E-state index in [2.05, 4.69) is 5.32 Å². The Labute approximate surface area is 210 Å². The van der Waals surface area contributed by atoms with Gasteiger partial charge in [-0.2, -0.15) is 0 Å².